The quantitative estimate of drug-likeness (QED) is 0.280. The van der Waals surface area contributed by atoms with E-state index in [9.17, 15) is 28.2 Å². The van der Waals surface area contributed by atoms with E-state index in [-0.39, 0.29) is 39.4 Å². The van der Waals surface area contributed by atoms with Crippen LogP contribution in [0.15, 0.2) is 59.5 Å². The second-order valence-electron chi connectivity index (χ2n) is 7.01. The molecule has 10 heteroatoms. The normalized spacial score (nSPS) is 10.8. The number of carboxylic acids is 1. The van der Waals surface area contributed by atoms with Crippen molar-refractivity contribution in [2.45, 2.75) is 11.3 Å². The molecule has 0 aromatic heterocycles. The van der Waals surface area contributed by atoms with Crippen LogP contribution >= 0.6 is 0 Å². The predicted octanol–water partition coefficient (Wildman–Crippen LogP) is 1.68. The first-order chi connectivity index (χ1) is 15.5. The molecule has 0 aliphatic heterocycles. The first-order valence-corrected chi connectivity index (χ1v) is 10.9. The van der Waals surface area contributed by atoms with Gasteiger partial charge in [0.25, 0.3) is 5.91 Å². The number of hydrogen-bond donors (Lipinski definition) is 5. The van der Waals surface area contributed by atoms with Crippen LogP contribution < -0.4 is 16.6 Å². The van der Waals surface area contributed by atoms with Gasteiger partial charge in [0.2, 0.25) is 10.0 Å². The molecule has 0 aliphatic carbocycles. The molecule has 0 unspecified atom stereocenters. The van der Waals surface area contributed by atoms with Crippen molar-refractivity contribution >= 4 is 27.6 Å². The Morgan fingerprint density at radius 3 is 2.24 bits per heavy atom. The molecule has 1 amide bonds. The fourth-order valence-corrected chi connectivity index (χ4v) is 3.70. The topological polar surface area (TPSA) is 187 Å². The van der Waals surface area contributed by atoms with Crippen molar-refractivity contribution < 1.29 is 28.2 Å². The second kappa shape index (κ2) is 9.04. The van der Waals surface area contributed by atoms with Crippen LogP contribution in [0.3, 0.4) is 0 Å². The Morgan fingerprint density at radius 1 is 1.00 bits per heavy atom. The number of sulfonamides is 1. The highest BCUT2D eigenvalue weighted by atomic mass is 32.2. The molecule has 3 rings (SSSR count). The van der Waals surface area contributed by atoms with Crippen LogP contribution in [0, 0.1) is 11.8 Å². The molecule has 0 aliphatic rings. The van der Waals surface area contributed by atoms with Crippen LogP contribution in [-0.4, -0.2) is 30.5 Å². The number of primary sulfonamides is 1. The van der Waals surface area contributed by atoms with Crippen molar-refractivity contribution in [3.8, 4) is 28.7 Å². The average molecular weight is 465 g/mol. The summed E-state index contributed by atoms with van der Waals surface area (Å²) in [6.45, 7) is 0. The summed E-state index contributed by atoms with van der Waals surface area (Å²) >= 11 is 0. The summed E-state index contributed by atoms with van der Waals surface area (Å²) < 4.78 is 23.0. The Bertz CT molecular complexity index is 1440. The minimum atomic E-state index is -3.88. The third kappa shape index (κ3) is 5.12. The number of benzene rings is 3. The molecule has 33 heavy (non-hydrogen) atoms. The van der Waals surface area contributed by atoms with Gasteiger partial charge in [0.1, 0.15) is 5.75 Å². The average Bonchev–Trinajstić information content (AvgIpc) is 2.74. The minimum absolute atomic E-state index is 0.0149. The van der Waals surface area contributed by atoms with E-state index in [2.05, 4.69) is 11.8 Å². The van der Waals surface area contributed by atoms with Gasteiger partial charge >= 0.3 is 5.97 Å². The lowest BCUT2D eigenvalue weighted by Crippen LogP contribution is -2.14. The largest absolute Gasteiger partial charge is 0.508 e. The molecular weight excluding hydrogens is 446 g/mol. The van der Waals surface area contributed by atoms with Crippen molar-refractivity contribution in [3.63, 3.8) is 0 Å². The van der Waals surface area contributed by atoms with Gasteiger partial charge in [-0.1, -0.05) is 30.0 Å². The maximum atomic E-state index is 11.9. The molecule has 0 saturated carbocycles. The number of phenols is 1. The standard InChI is InChI=1S/C23H19N3O6S/c24-21-18(14-7-9-15(10-8-14)33(26,31)32)11-13(12-19(21)22(25)28)3-1-4-16-17(23(29)30)5-2-6-20(16)27/h2,5-12,27H,4,24H2,(H2,25,28)(H,29,30)(H2,26,31,32). The molecule has 3 aromatic rings. The lowest BCUT2D eigenvalue weighted by Gasteiger charge is -2.11. The summed E-state index contributed by atoms with van der Waals surface area (Å²) in [7, 11) is -3.88. The molecule has 9 nitrogen and oxygen atoms in total. The summed E-state index contributed by atoms with van der Waals surface area (Å²) in [5, 5.41) is 24.4. The summed E-state index contributed by atoms with van der Waals surface area (Å²) in [5.41, 5.74) is 13.0. The molecule has 0 radical (unpaired) electrons. The molecule has 0 saturated heterocycles. The van der Waals surface area contributed by atoms with Crippen molar-refractivity contribution in [1.29, 1.82) is 0 Å². The Kier molecular flexibility index (Phi) is 6.39. The van der Waals surface area contributed by atoms with E-state index in [1.54, 1.807) is 6.07 Å². The molecular formula is C23H19N3O6S. The minimum Gasteiger partial charge on any atom is -0.508 e. The van der Waals surface area contributed by atoms with E-state index < -0.39 is 21.9 Å². The van der Waals surface area contributed by atoms with Crippen LogP contribution in [-0.2, 0) is 16.4 Å². The van der Waals surface area contributed by atoms with Crippen LogP contribution in [0.2, 0.25) is 0 Å². The molecule has 168 valence electrons. The van der Waals surface area contributed by atoms with Gasteiger partial charge in [-0.15, -0.1) is 0 Å². The van der Waals surface area contributed by atoms with E-state index in [1.165, 1.54) is 48.5 Å². The molecule has 0 bridgehead atoms. The summed E-state index contributed by atoms with van der Waals surface area (Å²) in [6, 6.07) is 12.7. The number of carbonyl (C=O) groups is 2. The third-order valence-corrected chi connectivity index (χ3v) is 5.75. The van der Waals surface area contributed by atoms with Gasteiger partial charge in [0.05, 0.1) is 21.7 Å². The number of nitrogen functional groups attached to an aromatic ring is 1. The van der Waals surface area contributed by atoms with Crippen LogP contribution in [0.1, 0.15) is 31.8 Å². The maximum Gasteiger partial charge on any atom is 0.336 e. The smallest absolute Gasteiger partial charge is 0.336 e. The number of aromatic hydroxyl groups is 1. The predicted molar refractivity (Wildman–Crippen MR) is 122 cm³/mol. The number of aromatic carboxylic acids is 1. The Balaban J connectivity index is 2.05. The van der Waals surface area contributed by atoms with E-state index in [0.29, 0.717) is 16.7 Å². The zero-order valence-corrected chi connectivity index (χ0v) is 17.9. The van der Waals surface area contributed by atoms with E-state index >= 15 is 0 Å². The number of amides is 1. The molecule has 0 atom stereocenters. The van der Waals surface area contributed by atoms with Gasteiger partial charge in [-0.3, -0.25) is 4.79 Å². The van der Waals surface area contributed by atoms with Crippen molar-refractivity contribution in [1.82, 2.24) is 0 Å². The van der Waals surface area contributed by atoms with Crippen LogP contribution in [0.4, 0.5) is 5.69 Å². The lowest BCUT2D eigenvalue weighted by atomic mass is 9.96. The number of anilines is 1. The van der Waals surface area contributed by atoms with Crippen molar-refractivity contribution in [2.75, 3.05) is 5.73 Å². The number of rotatable bonds is 5. The summed E-state index contributed by atoms with van der Waals surface area (Å²) in [6.07, 6.45) is -0.0665. The number of carboxylic acid groups (broad SMARTS) is 1. The number of hydrogen-bond acceptors (Lipinski definition) is 6. The fraction of sp³-hybridized carbons (Fsp3) is 0.0435. The Morgan fingerprint density at radius 2 is 1.67 bits per heavy atom. The monoisotopic (exact) mass is 465 g/mol. The molecule has 0 heterocycles. The Labute approximate surface area is 189 Å². The van der Waals surface area contributed by atoms with Gasteiger partial charge in [0, 0.05) is 23.1 Å². The zero-order valence-electron chi connectivity index (χ0n) is 17.1. The summed E-state index contributed by atoms with van der Waals surface area (Å²) in [5.74, 6) is 3.43. The first-order valence-electron chi connectivity index (χ1n) is 9.38. The van der Waals surface area contributed by atoms with Crippen molar-refractivity contribution in [2.24, 2.45) is 10.9 Å². The van der Waals surface area contributed by atoms with Crippen LogP contribution in [0.5, 0.6) is 5.75 Å². The van der Waals surface area contributed by atoms with E-state index in [0.717, 1.165) is 0 Å². The first kappa shape index (κ1) is 23.3. The van der Waals surface area contributed by atoms with Gasteiger partial charge in [-0.2, -0.15) is 0 Å². The van der Waals surface area contributed by atoms with Gasteiger partial charge < -0.3 is 21.7 Å². The van der Waals surface area contributed by atoms with Gasteiger partial charge in [0.15, 0.2) is 0 Å². The van der Waals surface area contributed by atoms with E-state index in [1.807, 2.05) is 0 Å². The van der Waals surface area contributed by atoms with Crippen molar-refractivity contribution in [3.05, 3.63) is 76.9 Å². The zero-order chi connectivity index (χ0) is 24.3. The highest BCUT2D eigenvalue weighted by Crippen LogP contribution is 2.31. The van der Waals surface area contributed by atoms with Gasteiger partial charge in [-0.25, -0.2) is 18.4 Å². The molecule has 3 aromatic carbocycles. The Hall–Kier alpha value is -4.33. The fourth-order valence-electron chi connectivity index (χ4n) is 3.19. The second-order valence-corrected chi connectivity index (χ2v) is 8.57. The number of phenolic OH excluding ortho intramolecular Hbond substituents is 1. The highest BCUT2D eigenvalue weighted by molar-refractivity contribution is 7.89. The molecule has 8 N–H and O–H groups in total. The molecule has 0 fully saturated rings. The number of carbonyl (C=O) groups excluding carboxylic acids is 1. The third-order valence-electron chi connectivity index (χ3n) is 4.82. The number of primary amides is 1. The van der Waals surface area contributed by atoms with E-state index in [4.69, 9.17) is 16.6 Å². The highest BCUT2D eigenvalue weighted by Gasteiger charge is 2.15. The summed E-state index contributed by atoms with van der Waals surface area (Å²) in [4.78, 5) is 23.2. The maximum absolute atomic E-state index is 11.9. The van der Waals surface area contributed by atoms with Crippen LogP contribution in [0.25, 0.3) is 11.1 Å². The lowest BCUT2D eigenvalue weighted by molar-refractivity contribution is 0.0695. The van der Waals surface area contributed by atoms with Gasteiger partial charge in [-0.05, 0) is 42.0 Å². The number of nitrogens with two attached hydrogens (primary N) is 3. The molecule has 0 spiro atoms. The SMILES string of the molecule is NC(=O)c1cc(C#CCc2c(O)cccc2C(=O)O)cc(-c2ccc(S(N)(=O)=O)cc2)c1N.